The van der Waals surface area contributed by atoms with Gasteiger partial charge < -0.3 is 5.32 Å². The van der Waals surface area contributed by atoms with Crippen molar-refractivity contribution in [1.29, 1.82) is 0 Å². The zero-order valence-corrected chi connectivity index (χ0v) is 6.39. The molecule has 0 unspecified atom stereocenters. The van der Waals surface area contributed by atoms with Crippen molar-refractivity contribution in [2.24, 2.45) is 0 Å². The van der Waals surface area contributed by atoms with Gasteiger partial charge in [0.15, 0.2) is 0 Å². The number of pyridine rings is 1. The normalized spacial score (nSPS) is 9.40. The maximum absolute atomic E-state index is 4.08. The molecule has 1 rings (SSSR count). The zero-order valence-electron chi connectivity index (χ0n) is 6.39. The Kier molecular flexibility index (Phi) is 2.26. The van der Waals surface area contributed by atoms with E-state index >= 15 is 0 Å². The van der Waals surface area contributed by atoms with Crippen LogP contribution in [0.3, 0.4) is 0 Å². The molecule has 0 aliphatic heterocycles. The van der Waals surface area contributed by atoms with Crippen LogP contribution in [-0.4, -0.2) is 11.5 Å². The van der Waals surface area contributed by atoms with Gasteiger partial charge in [-0.25, -0.2) is 0 Å². The summed E-state index contributed by atoms with van der Waals surface area (Å²) in [6.07, 6.45) is 1.81. The number of rotatable bonds is 2. The Bertz CT molecular complexity index is 208. The van der Waals surface area contributed by atoms with E-state index < -0.39 is 0 Å². The summed E-state index contributed by atoms with van der Waals surface area (Å²) < 4.78 is 0. The van der Waals surface area contributed by atoms with Crippen molar-refractivity contribution in [1.82, 2.24) is 4.98 Å². The Hall–Kier alpha value is -1.05. The first kappa shape index (κ1) is 7.06. The maximum Gasteiger partial charge on any atom is 0.0393 e. The second kappa shape index (κ2) is 3.20. The van der Waals surface area contributed by atoms with Crippen LogP contribution in [0.5, 0.6) is 0 Å². The highest BCUT2D eigenvalue weighted by Gasteiger charge is 1.88. The lowest BCUT2D eigenvalue weighted by Crippen LogP contribution is -1.96. The molecule has 0 saturated heterocycles. The number of hydrogen-bond donors (Lipinski definition) is 1. The van der Waals surface area contributed by atoms with Crippen molar-refractivity contribution in [2.75, 3.05) is 11.9 Å². The number of hydrogen-bond acceptors (Lipinski definition) is 2. The molecule has 0 saturated carbocycles. The minimum Gasteiger partial charge on any atom is -0.385 e. The number of aromatic nitrogens is 1. The van der Waals surface area contributed by atoms with Crippen LogP contribution in [0.1, 0.15) is 12.6 Å². The molecule has 2 heteroatoms. The molecule has 0 aromatic carbocycles. The lowest BCUT2D eigenvalue weighted by Gasteiger charge is -2.01. The summed E-state index contributed by atoms with van der Waals surface area (Å²) in [5.74, 6) is 0. The number of aryl methyl sites for hydroxylation is 1. The SMILES string of the molecule is CCNc1ccnc(C)c1. The quantitative estimate of drug-likeness (QED) is 0.670. The van der Waals surface area contributed by atoms with Crippen LogP contribution in [-0.2, 0) is 0 Å². The van der Waals surface area contributed by atoms with Gasteiger partial charge in [0.1, 0.15) is 0 Å². The van der Waals surface area contributed by atoms with Crippen molar-refractivity contribution in [3.8, 4) is 0 Å². The van der Waals surface area contributed by atoms with E-state index in [4.69, 9.17) is 0 Å². The summed E-state index contributed by atoms with van der Waals surface area (Å²) in [4.78, 5) is 4.08. The standard InChI is InChI=1S/C8H12N2/c1-3-9-8-4-5-10-7(2)6-8/h4-6H,3H2,1-2H3,(H,9,10). The lowest BCUT2D eigenvalue weighted by molar-refractivity contribution is 1.16. The van der Waals surface area contributed by atoms with E-state index in [9.17, 15) is 0 Å². The molecule has 1 heterocycles. The third kappa shape index (κ3) is 1.72. The van der Waals surface area contributed by atoms with Crippen LogP contribution in [0.15, 0.2) is 18.3 Å². The highest BCUT2D eigenvalue weighted by Crippen LogP contribution is 2.05. The summed E-state index contributed by atoms with van der Waals surface area (Å²) in [5, 5.41) is 3.21. The largest absolute Gasteiger partial charge is 0.385 e. The highest BCUT2D eigenvalue weighted by molar-refractivity contribution is 5.42. The molecule has 0 bridgehead atoms. The number of nitrogens with zero attached hydrogens (tertiary/aromatic N) is 1. The van der Waals surface area contributed by atoms with Gasteiger partial charge in [-0.05, 0) is 26.0 Å². The Balaban J connectivity index is 2.75. The van der Waals surface area contributed by atoms with Gasteiger partial charge in [-0.3, -0.25) is 4.98 Å². The molecule has 0 amide bonds. The molecule has 0 atom stereocenters. The molecule has 10 heavy (non-hydrogen) atoms. The lowest BCUT2D eigenvalue weighted by atomic mass is 10.3. The Morgan fingerprint density at radius 1 is 1.60 bits per heavy atom. The van der Waals surface area contributed by atoms with E-state index in [1.807, 2.05) is 25.3 Å². The monoisotopic (exact) mass is 136 g/mol. The Morgan fingerprint density at radius 3 is 3.00 bits per heavy atom. The molecule has 1 aromatic rings. The van der Waals surface area contributed by atoms with Crippen LogP contribution in [0.2, 0.25) is 0 Å². The van der Waals surface area contributed by atoms with Crippen molar-refractivity contribution in [3.05, 3.63) is 24.0 Å². The van der Waals surface area contributed by atoms with Crippen molar-refractivity contribution in [3.63, 3.8) is 0 Å². The summed E-state index contributed by atoms with van der Waals surface area (Å²) in [7, 11) is 0. The first-order chi connectivity index (χ1) is 4.83. The Morgan fingerprint density at radius 2 is 2.40 bits per heavy atom. The topological polar surface area (TPSA) is 24.9 Å². The maximum atomic E-state index is 4.08. The minimum absolute atomic E-state index is 0.962. The summed E-state index contributed by atoms with van der Waals surface area (Å²) in [6, 6.07) is 4.00. The smallest absolute Gasteiger partial charge is 0.0393 e. The minimum atomic E-state index is 0.962. The van der Waals surface area contributed by atoms with Gasteiger partial charge in [0.2, 0.25) is 0 Å². The molecule has 1 N–H and O–H groups in total. The zero-order chi connectivity index (χ0) is 7.40. The molecule has 0 aliphatic rings. The van der Waals surface area contributed by atoms with Crippen molar-refractivity contribution < 1.29 is 0 Å². The van der Waals surface area contributed by atoms with Crippen molar-refractivity contribution in [2.45, 2.75) is 13.8 Å². The van der Waals surface area contributed by atoms with Crippen LogP contribution < -0.4 is 5.32 Å². The summed E-state index contributed by atoms with van der Waals surface area (Å²) in [5.41, 5.74) is 2.20. The van der Waals surface area contributed by atoms with Gasteiger partial charge in [-0.2, -0.15) is 0 Å². The molecule has 1 aromatic heterocycles. The second-order valence-corrected chi connectivity index (χ2v) is 2.22. The third-order valence-corrected chi connectivity index (χ3v) is 1.28. The van der Waals surface area contributed by atoms with Crippen LogP contribution in [0, 0.1) is 6.92 Å². The molecule has 2 nitrogen and oxygen atoms in total. The molecular formula is C8H12N2. The molecule has 0 aliphatic carbocycles. The predicted molar refractivity (Wildman–Crippen MR) is 43.1 cm³/mol. The average molecular weight is 136 g/mol. The van der Waals surface area contributed by atoms with E-state index in [2.05, 4.69) is 17.2 Å². The molecule has 0 radical (unpaired) electrons. The number of nitrogens with one attached hydrogen (secondary N) is 1. The van der Waals surface area contributed by atoms with Crippen molar-refractivity contribution >= 4 is 5.69 Å². The fourth-order valence-electron chi connectivity index (χ4n) is 0.860. The van der Waals surface area contributed by atoms with Gasteiger partial charge in [0, 0.05) is 24.1 Å². The first-order valence-electron chi connectivity index (χ1n) is 3.49. The fraction of sp³-hybridized carbons (Fsp3) is 0.375. The molecular weight excluding hydrogens is 124 g/mol. The van der Waals surface area contributed by atoms with E-state index in [1.165, 1.54) is 0 Å². The van der Waals surface area contributed by atoms with Crippen LogP contribution in [0.4, 0.5) is 5.69 Å². The first-order valence-corrected chi connectivity index (χ1v) is 3.49. The summed E-state index contributed by atoms with van der Waals surface area (Å²) >= 11 is 0. The third-order valence-electron chi connectivity index (χ3n) is 1.28. The molecule has 54 valence electrons. The van der Waals surface area contributed by atoms with Crippen LogP contribution >= 0.6 is 0 Å². The van der Waals surface area contributed by atoms with Gasteiger partial charge >= 0.3 is 0 Å². The van der Waals surface area contributed by atoms with E-state index in [-0.39, 0.29) is 0 Å². The van der Waals surface area contributed by atoms with E-state index in [0.717, 1.165) is 17.9 Å². The van der Waals surface area contributed by atoms with Gasteiger partial charge in [-0.1, -0.05) is 0 Å². The predicted octanol–water partition coefficient (Wildman–Crippen LogP) is 1.82. The van der Waals surface area contributed by atoms with Gasteiger partial charge in [0.05, 0.1) is 0 Å². The highest BCUT2D eigenvalue weighted by atomic mass is 14.9. The summed E-state index contributed by atoms with van der Waals surface area (Å²) in [6.45, 7) is 5.03. The Labute approximate surface area is 61.3 Å². The molecule has 0 fully saturated rings. The molecule has 0 spiro atoms. The van der Waals surface area contributed by atoms with Gasteiger partial charge in [0.25, 0.3) is 0 Å². The number of anilines is 1. The fourth-order valence-corrected chi connectivity index (χ4v) is 0.860. The average Bonchev–Trinajstić information content (AvgIpc) is 1.88. The van der Waals surface area contributed by atoms with Gasteiger partial charge in [-0.15, -0.1) is 0 Å². The second-order valence-electron chi connectivity index (χ2n) is 2.22. The van der Waals surface area contributed by atoms with E-state index in [1.54, 1.807) is 0 Å². The van der Waals surface area contributed by atoms with Crippen LogP contribution in [0.25, 0.3) is 0 Å². The van der Waals surface area contributed by atoms with E-state index in [0.29, 0.717) is 0 Å².